The van der Waals surface area contributed by atoms with Crippen LogP contribution in [0.15, 0.2) is 30.3 Å². The number of nitrogens with one attached hydrogen (secondary N) is 1. The highest BCUT2D eigenvalue weighted by Gasteiger charge is 2.11. The van der Waals surface area contributed by atoms with Crippen LogP contribution in [0.4, 0.5) is 5.13 Å². The quantitative estimate of drug-likeness (QED) is 0.758. The van der Waals surface area contributed by atoms with Gasteiger partial charge in [0, 0.05) is 0 Å². The number of hydrogen-bond acceptors (Lipinski definition) is 3. The molecule has 0 fully saturated rings. The average molecular weight is 324 g/mol. The van der Waals surface area contributed by atoms with Crippen LogP contribution in [0, 0.1) is 27.7 Å². The number of rotatable bonds is 3. The Labute approximate surface area is 140 Å². The molecule has 0 aliphatic carbocycles. The molecule has 1 amide bonds. The molecule has 1 heterocycles. The number of benzene rings is 2. The van der Waals surface area contributed by atoms with Crippen molar-refractivity contribution in [3.63, 3.8) is 0 Å². The fourth-order valence-corrected chi connectivity index (χ4v) is 3.74. The van der Waals surface area contributed by atoms with Crippen molar-refractivity contribution in [2.75, 3.05) is 5.32 Å². The second-order valence-electron chi connectivity index (χ2n) is 6.10. The van der Waals surface area contributed by atoms with E-state index in [0.717, 1.165) is 21.3 Å². The first-order chi connectivity index (χ1) is 10.9. The zero-order valence-electron chi connectivity index (χ0n) is 13.9. The lowest BCUT2D eigenvalue weighted by Gasteiger charge is -2.06. The number of carbonyl (C=O) groups is 1. The van der Waals surface area contributed by atoms with E-state index in [-0.39, 0.29) is 5.91 Å². The lowest BCUT2D eigenvalue weighted by atomic mass is 10.0. The summed E-state index contributed by atoms with van der Waals surface area (Å²) in [4.78, 5) is 16.8. The zero-order valence-corrected chi connectivity index (χ0v) is 14.7. The Hall–Kier alpha value is -2.20. The molecular weight excluding hydrogens is 304 g/mol. The Bertz CT molecular complexity index is 896. The van der Waals surface area contributed by atoms with Crippen molar-refractivity contribution in [3.05, 3.63) is 58.1 Å². The SMILES string of the molecule is Cc1ccc(CC(=O)Nc2nc3cc(C)cc(C)c3s2)c(C)c1. The molecule has 0 saturated heterocycles. The van der Waals surface area contributed by atoms with Crippen LogP contribution >= 0.6 is 11.3 Å². The summed E-state index contributed by atoms with van der Waals surface area (Å²) in [7, 11) is 0. The van der Waals surface area contributed by atoms with Gasteiger partial charge in [0.05, 0.1) is 16.6 Å². The Balaban J connectivity index is 1.79. The molecule has 0 radical (unpaired) electrons. The molecule has 0 spiro atoms. The third kappa shape index (κ3) is 3.42. The summed E-state index contributed by atoms with van der Waals surface area (Å²) < 4.78 is 1.14. The van der Waals surface area contributed by atoms with Crippen LogP contribution in [0.25, 0.3) is 10.2 Å². The maximum absolute atomic E-state index is 12.3. The molecule has 0 unspecified atom stereocenters. The monoisotopic (exact) mass is 324 g/mol. The Morgan fingerprint density at radius 2 is 1.78 bits per heavy atom. The Kier molecular flexibility index (Phi) is 4.18. The highest BCUT2D eigenvalue weighted by molar-refractivity contribution is 7.22. The predicted molar refractivity (Wildman–Crippen MR) is 97.3 cm³/mol. The molecule has 0 bridgehead atoms. The molecule has 23 heavy (non-hydrogen) atoms. The van der Waals surface area contributed by atoms with Gasteiger partial charge in [-0.3, -0.25) is 4.79 Å². The summed E-state index contributed by atoms with van der Waals surface area (Å²) in [6.07, 6.45) is 0.375. The van der Waals surface area contributed by atoms with Crippen LogP contribution in [-0.4, -0.2) is 10.9 Å². The minimum Gasteiger partial charge on any atom is -0.302 e. The van der Waals surface area contributed by atoms with E-state index in [0.29, 0.717) is 11.6 Å². The van der Waals surface area contributed by atoms with E-state index in [2.05, 4.69) is 49.3 Å². The van der Waals surface area contributed by atoms with E-state index >= 15 is 0 Å². The van der Waals surface area contributed by atoms with E-state index in [9.17, 15) is 4.79 Å². The molecule has 0 aliphatic rings. The van der Waals surface area contributed by atoms with Gasteiger partial charge in [0.1, 0.15) is 0 Å². The van der Waals surface area contributed by atoms with Crippen molar-refractivity contribution in [2.45, 2.75) is 34.1 Å². The van der Waals surface area contributed by atoms with Crippen LogP contribution in [0.5, 0.6) is 0 Å². The van der Waals surface area contributed by atoms with Gasteiger partial charge in [0.2, 0.25) is 5.91 Å². The summed E-state index contributed by atoms with van der Waals surface area (Å²) in [6, 6.07) is 10.4. The summed E-state index contributed by atoms with van der Waals surface area (Å²) >= 11 is 1.54. The molecule has 4 heteroatoms. The van der Waals surface area contributed by atoms with Gasteiger partial charge < -0.3 is 5.32 Å². The van der Waals surface area contributed by atoms with E-state index in [1.54, 1.807) is 0 Å². The van der Waals surface area contributed by atoms with Gasteiger partial charge in [-0.05, 0) is 56.0 Å². The zero-order chi connectivity index (χ0) is 16.6. The summed E-state index contributed by atoms with van der Waals surface area (Å²) in [5, 5.41) is 3.61. The van der Waals surface area contributed by atoms with Crippen molar-refractivity contribution in [1.29, 1.82) is 0 Å². The summed E-state index contributed by atoms with van der Waals surface area (Å²) in [6.45, 7) is 8.24. The molecular formula is C19H20N2OS. The van der Waals surface area contributed by atoms with Crippen molar-refractivity contribution in [2.24, 2.45) is 0 Å². The molecule has 3 rings (SSSR count). The highest BCUT2D eigenvalue weighted by Crippen LogP contribution is 2.29. The van der Waals surface area contributed by atoms with E-state index in [1.165, 1.54) is 28.0 Å². The lowest BCUT2D eigenvalue weighted by Crippen LogP contribution is -2.14. The standard InChI is InChI=1S/C19H20N2OS/c1-11-5-6-15(13(3)7-11)10-17(22)21-19-20-16-9-12(2)8-14(4)18(16)23-19/h5-9H,10H2,1-4H3,(H,20,21,22). The van der Waals surface area contributed by atoms with Crippen molar-refractivity contribution < 1.29 is 4.79 Å². The maximum atomic E-state index is 12.3. The van der Waals surface area contributed by atoms with Crippen LogP contribution in [0.2, 0.25) is 0 Å². The van der Waals surface area contributed by atoms with Gasteiger partial charge >= 0.3 is 0 Å². The molecule has 0 aliphatic heterocycles. The molecule has 2 aromatic carbocycles. The summed E-state index contributed by atoms with van der Waals surface area (Å²) in [5.41, 5.74) is 6.76. The van der Waals surface area contributed by atoms with Crippen LogP contribution in [-0.2, 0) is 11.2 Å². The molecule has 3 aromatic rings. The molecule has 0 saturated carbocycles. The fraction of sp³-hybridized carbons (Fsp3) is 0.263. The van der Waals surface area contributed by atoms with E-state index in [1.807, 2.05) is 19.1 Å². The smallest absolute Gasteiger partial charge is 0.230 e. The molecule has 1 aromatic heterocycles. The van der Waals surface area contributed by atoms with Gasteiger partial charge in [0.25, 0.3) is 0 Å². The number of anilines is 1. The molecule has 118 valence electrons. The van der Waals surface area contributed by atoms with E-state index in [4.69, 9.17) is 0 Å². The number of aromatic nitrogens is 1. The first-order valence-electron chi connectivity index (χ1n) is 7.66. The topological polar surface area (TPSA) is 42.0 Å². The third-order valence-corrected chi connectivity index (χ3v) is 5.04. The van der Waals surface area contributed by atoms with Crippen molar-refractivity contribution in [3.8, 4) is 0 Å². The highest BCUT2D eigenvalue weighted by atomic mass is 32.1. The number of amides is 1. The number of hydrogen-bond donors (Lipinski definition) is 1. The predicted octanol–water partition coefficient (Wildman–Crippen LogP) is 4.71. The van der Waals surface area contributed by atoms with Gasteiger partial charge in [0.15, 0.2) is 5.13 Å². The van der Waals surface area contributed by atoms with Gasteiger partial charge in [-0.1, -0.05) is 41.2 Å². The first-order valence-corrected chi connectivity index (χ1v) is 8.48. The molecule has 3 nitrogen and oxygen atoms in total. The first kappa shape index (κ1) is 15.7. The van der Waals surface area contributed by atoms with Gasteiger partial charge in [-0.25, -0.2) is 4.98 Å². The number of fused-ring (bicyclic) bond motifs is 1. The molecule has 1 N–H and O–H groups in total. The largest absolute Gasteiger partial charge is 0.302 e. The van der Waals surface area contributed by atoms with Crippen molar-refractivity contribution in [1.82, 2.24) is 4.98 Å². The van der Waals surface area contributed by atoms with Crippen molar-refractivity contribution >= 4 is 32.6 Å². The van der Waals surface area contributed by atoms with Gasteiger partial charge in [-0.2, -0.15) is 0 Å². The van der Waals surface area contributed by atoms with Crippen LogP contribution < -0.4 is 5.32 Å². The number of nitrogens with zero attached hydrogens (tertiary/aromatic N) is 1. The van der Waals surface area contributed by atoms with Crippen LogP contribution in [0.3, 0.4) is 0 Å². The van der Waals surface area contributed by atoms with Gasteiger partial charge in [-0.15, -0.1) is 0 Å². The minimum absolute atomic E-state index is 0.0228. The lowest BCUT2D eigenvalue weighted by molar-refractivity contribution is -0.115. The Morgan fingerprint density at radius 1 is 1.04 bits per heavy atom. The normalized spacial score (nSPS) is 11.0. The maximum Gasteiger partial charge on any atom is 0.230 e. The minimum atomic E-state index is -0.0228. The van der Waals surface area contributed by atoms with Crippen LogP contribution in [0.1, 0.15) is 27.8 Å². The second kappa shape index (κ2) is 6.13. The number of thiazole rings is 1. The van der Waals surface area contributed by atoms with E-state index < -0.39 is 0 Å². The summed E-state index contributed by atoms with van der Waals surface area (Å²) in [5.74, 6) is -0.0228. The average Bonchev–Trinajstić information content (AvgIpc) is 2.84. The number of carbonyl (C=O) groups excluding carboxylic acids is 1. The molecule has 0 atom stereocenters. The Morgan fingerprint density at radius 3 is 2.52 bits per heavy atom. The fourth-order valence-electron chi connectivity index (χ4n) is 2.81. The third-order valence-electron chi connectivity index (χ3n) is 3.92. The number of aryl methyl sites for hydroxylation is 4. The second-order valence-corrected chi connectivity index (χ2v) is 7.10.